The van der Waals surface area contributed by atoms with Crippen molar-refractivity contribution in [1.29, 1.82) is 0 Å². The molecular weight excluding hydrogens is 636 g/mol. The average Bonchev–Trinajstić information content (AvgIpc) is 3.08. The Labute approximate surface area is 273 Å². The molecule has 0 aliphatic carbocycles. The Morgan fingerprint density at radius 3 is 2.18 bits per heavy atom. The highest BCUT2D eigenvalue weighted by atomic mass is 79.9. The number of nitrogens with zero attached hydrogens (tertiary/aromatic N) is 4. The van der Waals surface area contributed by atoms with Crippen LogP contribution in [-0.2, 0) is 16.1 Å². The number of rotatable bonds is 7. The van der Waals surface area contributed by atoms with E-state index in [0.717, 1.165) is 41.7 Å². The molecule has 4 heterocycles. The Morgan fingerprint density at radius 1 is 0.822 bits per heavy atom. The van der Waals surface area contributed by atoms with Crippen LogP contribution in [0.25, 0.3) is 0 Å². The van der Waals surface area contributed by atoms with E-state index in [9.17, 15) is 19.2 Å². The maximum atomic E-state index is 13.9. The second-order valence-corrected chi connectivity index (χ2v) is 13.6. The van der Waals surface area contributed by atoms with E-state index >= 15 is 0 Å². The minimum Gasteiger partial charge on any atom is -0.342 e. The fourth-order valence-corrected chi connectivity index (χ4v) is 7.51. The molecule has 0 saturated carbocycles. The zero-order valence-electron chi connectivity index (χ0n) is 25.8. The van der Waals surface area contributed by atoms with Crippen molar-refractivity contribution in [3.63, 3.8) is 0 Å². The molecule has 2 N–H and O–H groups in total. The quantitative estimate of drug-likeness (QED) is 0.450. The van der Waals surface area contributed by atoms with Crippen molar-refractivity contribution >= 4 is 45.4 Å². The van der Waals surface area contributed by atoms with Crippen LogP contribution in [0.5, 0.6) is 0 Å². The summed E-state index contributed by atoms with van der Waals surface area (Å²) in [5, 5.41) is 5.89. The van der Waals surface area contributed by atoms with Crippen LogP contribution in [0.1, 0.15) is 67.3 Å². The lowest BCUT2D eigenvalue weighted by Gasteiger charge is -2.41. The molecule has 2 aromatic carbocycles. The first-order valence-corrected chi connectivity index (χ1v) is 17.2. The van der Waals surface area contributed by atoms with Crippen LogP contribution in [0.15, 0.2) is 53.0 Å². The molecule has 45 heavy (non-hydrogen) atoms. The Bertz CT molecular complexity index is 1380. The number of halogens is 1. The largest absolute Gasteiger partial charge is 0.342 e. The molecule has 0 bridgehead atoms. The summed E-state index contributed by atoms with van der Waals surface area (Å²) in [6.07, 6.45) is 6.83. The first-order valence-electron chi connectivity index (χ1n) is 16.4. The molecule has 4 aliphatic heterocycles. The fourth-order valence-electron chi connectivity index (χ4n) is 7.25. The molecule has 10 nitrogen and oxygen atoms in total. The molecular formula is C34H43BrN6O4. The van der Waals surface area contributed by atoms with Gasteiger partial charge in [0.1, 0.15) is 6.04 Å². The molecule has 2 aromatic rings. The molecule has 0 spiro atoms. The maximum Gasteiger partial charge on any atom is 0.322 e. The zero-order chi connectivity index (χ0) is 31.3. The number of hydrogen-bond donors (Lipinski definition) is 2. The van der Waals surface area contributed by atoms with E-state index in [4.69, 9.17) is 0 Å². The van der Waals surface area contributed by atoms with Crippen LogP contribution in [-0.4, -0.2) is 101 Å². The number of anilines is 1. The van der Waals surface area contributed by atoms with Crippen LogP contribution in [0.2, 0.25) is 0 Å². The number of amides is 5. The topological polar surface area (TPSA) is 105 Å². The first-order chi connectivity index (χ1) is 21.9. The Balaban J connectivity index is 1.08. The summed E-state index contributed by atoms with van der Waals surface area (Å²) in [7, 11) is 0. The van der Waals surface area contributed by atoms with Gasteiger partial charge in [-0.05, 0) is 87.5 Å². The number of carbonyl (C=O) groups excluding carboxylic acids is 4. The highest BCUT2D eigenvalue weighted by Gasteiger charge is 2.36. The van der Waals surface area contributed by atoms with Gasteiger partial charge in [-0.15, -0.1) is 0 Å². The number of para-hydroxylation sites is 1. The van der Waals surface area contributed by atoms with E-state index in [1.807, 2.05) is 34.1 Å². The molecule has 5 amide bonds. The number of hydrogen-bond acceptors (Lipinski definition) is 5. The lowest BCUT2D eigenvalue weighted by Crippen LogP contribution is -2.55. The SMILES string of the molecule is O=C(N[C@@H](CC(=O)N1CCC(N2Cc3ccccc3NC2=O)CC1)C(=O)N1CCC(N2CCCCC2)CC1)c1ccc(Br)cc1. The van der Waals surface area contributed by atoms with Crippen LogP contribution in [0, 0.1) is 0 Å². The monoisotopic (exact) mass is 678 g/mol. The third-order valence-corrected chi connectivity index (χ3v) is 10.4. The minimum atomic E-state index is -0.942. The Morgan fingerprint density at radius 2 is 1.47 bits per heavy atom. The van der Waals surface area contributed by atoms with Crippen molar-refractivity contribution < 1.29 is 19.2 Å². The zero-order valence-corrected chi connectivity index (χ0v) is 27.3. The molecule has 3 saturated heterocycles. The second-order valence-electron chi connectivity index (χ2n) is 12.7. The lowest BCUT2D eigenvalue weighted by molar-refractivity contribution is -0.140. The Hall–Kier alpha value is -3.44. The summed E-state index contributed by atoms with van der Waals surface area (Å²) < 4.78 is 0.855. The molecule has 0 unspecified atom stereocenters. The van der Waals surface area contributed by atoms with Crippen molar-refractivity contribution in [3.05, 3.63) is 64.1 Å². The number of fused-ring (bicyclic) bond motifs is 1. The van der Waals surface area contributed by atoms with E-state index in [1.54, 1.807) is 29.2 Å². The van der Waals surface area contributed by atoms with E-state index in [0.29, 0.717) is 57.2 Å². The number of piperidine rings is 3. The van der Waals surface area contributed by atoms with Crippen molar-refractivity contribution in [2.75, 3.05) is 44.6 Å². The van der Waals surface area contributed by atoms with Gasteiger partial charge in [-0.25, -0.2) is 4.79 Å². The molecule has 6 rings (SSSR count). The van der Waals surface area contributed by atoms with Crippen LogP contribution < -0.4 is 10.6 Å². The molecule has 11 heteroatoms. The van der Waals surface area contributed by atoms with Crippen molar-refractivity contribution in [2.45, 2.75) is 76.0 Å². The molecule has 1 atom stereocenters. The van der Waals surface area contributed by atoms with Gasteiger partial charge in [-0.3, -0.25) is 14.4 Å². The molecule has 4 aliphatic rings. The number of nitrogens with one attached hydrogen (secondary N) is 2. The van der Waals surface area contributed by atoms with Gasteiger partial charge < -0.3 is 30.2 Å². The van der Waals surface area contributed by atoms with Crippen LogP contribution >= 0.6 is 15.9 Å². The molecule has 240 valence electrons. The smallest absolute Gasteiger partial charge is 0.322 e. The number of likely N-dealkylation sites (tertiary alicyclic amines) is 3. The summed E-state index contributed by atoms with van der Waals surface area (Å²) in [6, 6.07) is 14.3. The van der Waals surface area contributed by atoms with Crippen molar-refractivity contribution in [3.8, 4) is 0 Å². The summed E-state index contributed by atoms with van der Waals surface area (Å²) >= 11 is 3.40. The lowest BCUT2D eigenvalue weighted by atomic mass is 9.98. The predicted molar refractivity (Wildman–Crippen MR) is 176 cm³/mol. The summed E-state index contributed by atoms with van der Waals surface area (Å²) in [6.45, 7) is 5.07. The normalized spacial score (nSPS) is 20.7. The predicted octanol–water partition coefficient (Wildman–Crippen LogP) is 4.45. The highest BCUT2D eigenvalue weighted by Crippen LogP contribution is 2.28. The van der Waals surface area contributed by atoms with Gasteiger partial charge >= 0.3 is 6.03 Å². The van der Waals surface area contributed by atoms with Gasteiger partial charge in [-0.1, -0.05) is 40.5 Å². The van der Waals surface area contributed by atoms with E-state index in [2.05, 4.69) is 31.5 Å². The molecule has 3 fully saturated rings. The Kier molecular flexibility index (Phi) is 10.0. The summed E-state index contributed by atoms with van der Waals surface area (Å²) in [4.78, 5) is 61.6. The first kappa shape index (κ1) is 31.5. The van der Waals surface area contributed by atoms with Gasteiger partial charge in [0.15, 0.2) is 0 Å². The third kappa shape index (κ3) is 7.52. The van der Waals surface area contributed by atoms with Crippen molar-refractivity contribution in [1.82, 2.24) is 24.9 Å². The van der Waals surface area contributed by atoms with E-state index in [1.165, 1.54) is 19.3 Å². The second kappa shape index (κ2) is 14.3. The van der Waals surface area contributed by atoms with Gasteiger partial charge in [0.2, 0.25) is 11.8 Å². The molecule has 0 radical (unpaired) electrons. The third-order valence-electron chi connectivity index (χ3n) is 9.89. The van der Waals surface area contributed by atoms with Crippen molar-refractivity contribution in [2.24, 2.45) is 0 Å². The van der Waals surface area contributed by atoms with E-state index in [-0.39, 0.29) is 36.2 Å². The summed E-state index contributed by atoms with van der Waals surface area (Å²) in [5.41, 5.74) is 2.37. The highest BCUT2D eigenvalue weighted by molar-refractivity contribution is 9.10. The van der Waals surface area contributed by atoms with E-state index < -0.39 is 6.04 Å². The summed E-state index contributed by atoms with van der Waals surface area (Å²) in [5.74, 6) is -0.712. The standard InChI is InChI=1S/C34H43BrN6O4/c35-26-10-8-24(9-11-26)32(43)36-30(33(44)40-20-12-27(13-21-40)38-16-4-1-5-17-38)22-31(42)39-18-14-28(15-19-39)41-23-25-6-2-3-7-29(25)37-34(41)45/h2-3,6-11,27-28,30H,1,4-5,12-23H2,(H,36,43)(H,37,45)/t30-/m0/s1. The van der Waals surface area contributed by atoms with Gasteiger partial charge in [0, 0.05) is 60.5 Å². The fraction of sp³-hybridized carbons (Fsp3) is 0.529. The molecule has 0 aromatic heterocycles. The van der Waals surface area contributed by atoms with Gasteiger partial charge in [0.25, 0.3) is 5.91 Å². The number of carbonyl (C=O) groups is 4. The number of benzene rings is 2. The van der Waals surface area contributed by atoms with Gasteiger partial charge in [0.05, 0.1) is 6.42 Å². The average molecular weight is 680 g/mol. The minimum absolute atomic E-state index is 0.0261. The van der Waals surface area contributed by atoms with Crippen LogP contribution in [0.3, 0.4) is 0 Å². The van der Waals surface area contributed by atoms with Gasteiger partial charge in [-0.2, -0.15) is 0 Å². The van der Waals surface area contributed by atoms with Crippen LogP contribution in [0.4, 0.5) is 10.5 Å². The maximum absolute atomic E-state index is 13.9. The number of urea groups is 1.